The average Bonchev–Trinajstić information content (AvgIpc) is 2.80. The number of fused-ring (bicyclic) bond motifs is 7. The fraction of sp³-hybridized carbons (Fsp3) is 0.829. The number of allylic oxidation sites excluding steroid dienone is 4. The third kappa shape index (κ3) is 4.28. The standard InChI is InChI=1S/C35H55NO3/c1-29(2,3)39-28(38)36-22-35-19-17-30(4,5)21-24(35)23-11-12-26-32(8)15-14-27(37)31(6,7)25(32)13-16-34(26,10)33(23,9)18-20-35/h11,14-15,24-26H,12-13,16-22H2,1-10H3,(H,36,38)/t24?,25-,26+,32-,33+,34+,35+/m0/s1. The van der Waals surface area contributed by atoms with Gasteiger partial charge in [-0.2, -0.15) is 0 Å². The van der Waals surface area contributed by atoms with Crippen LogP contribution in [-0.4, -0.2) is 24.0 Å². The molecule has 0 aromatic rings. The second-order valence-electron chi connectivity index (χ2n) is 17.2. The van der Waals surface area contributed by atoms with Crippen molar-refractivity contribution in [2.45, 2.75) is 126 Å². The smallest absolute Gasteiger partial charge is 0.407 e. The first-order chi connectivity index (χ1) is 17.8. The number of amides is 1. The molecule has 0 aromatic heterocycles. The van der Waals surface area contributed by atoms with Crippen LogP contribution in [0, 0.1) is 50.2 Å². The third-order valence-corrected chi connectivity index (χ3v) is 13.1. The molecule has 0 radical (unpaired) electrons. The van der Waals surface area contributed by atoms with Crippen LogP contribution in [0.1, 0.15) is 121 Å². The lowest BCUT2D eigenvalue weighted by Gasteiger charge is -2.70. The van der Waals surface area contributed by atoms with Crippen molar-refractivity contribution in [1.82, 2.24) is 5.32 Å². The van der Waals surface area contributed by atoms with Crippen LogP contribution in [0.15, 0.2) is 23.8 Å². The monoisotopic (exact) mass is 537 g/mol. The Kier molecular flexibility index (Phi) is 6.46. The van der Waals surface area contributed by atoms with Gasteiger partial charge in [0.25, 0.3) is 0 Å². The van der Waals surface area contributed by atoms with Crippen molar-refractivity contribution in [1.29, 1.82) is 0 Å². The van der Waals surface area contributed by atoms with Crippen molar-refractivity contribution in [2.75, 3.05) is 6.54 Å². The molecule has 4 nitrogen and oxygen atoms in total. The van der Waals surface area contributed by atoms with Crippen molar-refractivity contribution < 1.29 is 14.3 Å². The molecule has 1 amide bonds. The minimum absolute atomic E-state index is 0.0358. The van der Waals surface area contributed by atoms with Crippen LogP contribution >= 0.6 is 0 Å². The van der Waals surface area contributed by atoms with Gasteiger partial charge < -0.3 is 10.1 Å². The minimum atomic E-state index is -0.488. The lowest BCUT2D eigenvalue weighted by Crippen LogP contribution is -2.64. The number of rotatable bonds is 2. The molecule has 0 bridgehead atoms. The van der Waals surface area contributed by atoms with E-state index in [4.69, 9.17) is 4.74 Å². The Bertz CT molecular complexity index is 1110. The van der Waals surface area contributed by atoms with Gasteiger partial charge in [0.1, 0.15) is 5.60 Å². The van der Waals surface area contributed by atoms with Gasteiger partial charge in [0.2, 0.25) is 0 Å². The van der Waals surface area contributed by atoms with Crippen LogP contribution in [0.25, 0.3) is 0 Å². The van der Waals surface area contributed by atoms with Crippen molar-refractivity contribution in [2.24, 2.45) is 50.2 Å². The van der Waals surface area contributed by atoms with E-state index < -0.39 is 5.60 Å². The van der Waals surface area contributed by atoms with E-state index >= 15 is 0 Å². The Morgan fingerprint density at radius 1 is 0.974 bits per heavy atom. The summed E-state index contributed by atoms with van der Waals surface area (Å²) in [6.07, 6.45) is 15.9. The molecule has 0 spiro atoms. The van der Waals surface area contributed by atoms with Crippen LogP contribution in [0.4, 0.5) is 4.79 Å². The van der Waals surface area contributed by atoms with E-state index in [0.717, 1.165) is 25.7 Å². The van der Waals surface area contributed by atoms with Gasteiger partial charge in [0.15, 0.2) is 5.78 Å². The third-order valence-electron chi connectivity index (χ3n) is 13.1. The highest BCUT2D eigenvalue weighted by Gasteiger charge is 2.67. The van der Waals surface area contributed by atoms with Crippen LogP contribution < -0.4 is 5.32 Å². The molecule has 5 aliphatic carbocycles. The highest BCUT2D eigenvalue weighted by atomic mass is 16.6. The van der Waals surface area contributed by atoms with Crippen molar-refractivity contribution in [3.05, 3.63) is 23.8 Å². The van der Waals surface area contributed by atoms with Crippen molar-refractivity contribution in [3.63, 3.8) is 0 Å². The van der Waals surface area contributed by atoms with Gasteiger partial charge >= 0.3 is 6.09 Å². The second kappa shape index (κ2) is 8.71. The first-order valence-electron chi connectivity index (χ1n) is 15.7. The summed E-state index contributed by atoms with van der Waals surface area (Å²) in [6, 6.07) is 0. The fourth-order valence-corrected chi connectivity index (χ4v) is 10.5. The summed E-state index contributed by atoms with van der Waals surface area (Å²) in [7, 11) is 0. The Hall–Kier alpha value is -1.58. The van der Waals surface area contributed by atoms with E-state index in [9.17, 15) is 9.59 Å². The molecule has 7 atom stereocenters. The maximum atomic E-state index is 12.9. The van der Waals surface area contributed by atoms with E-state index in [2.05, 4.69) is 65.9 Å². The molecule has 0 heterocycles. The SMILES string of the molecule is CC1(C)CC[C@]2(CNC(=O)OC(C)(C)C)CC[C@]3(C)C(=CC[C@@H]4[C@@]5(C)C=CC(=O)C(C)(C)[C@@H]5CC[C@]43C)C2C1. The Morgan fingerprint density at radius 2 is 1.64 bits per heavy atom. The average molecular weight is 538 g/mol. The summed E-state index contributed by atoms with van der Waals surface area (Å²) in [5.41, 5.74) is 1.66. The molecule has 39 heavy (non-hydrogen) atoms. The molecule has 1 N–H and O–H groups in total. The van der Waals surface area contributed by atoms with Crippen LogP contribution in [-0.2, 0) is 9.53 Å². The second-order valence-corrected chi connectivity index (χ2v) is 17.2. The molecular formula is C35H55NO3. The van der Waals surface area contributed by atoms with Gasteiger partial charge in [0, 0.05) is 12.0 Å². The lowest BCUT2D eigenvalue weighted by molar-refractivity contribution is -0.159. The number of carbonyl (C=O) groups excluding carboxylic acids is 2. The van der Waals surface area contributed by atoms with E-state index in [1.807, 2.05) is 26.8 Å². The van der Waals surface area contributed by atoms with E-state index in [1.54, 1.807) is 5.57 Å². The number of carbonyl (C=O) groups is 2. The maximum Gasteiger partial charge on any atom is 0.407 e. The zero-order valence-corrected chi connectivity index (χ0v) is 26.6. The Balaban J connectivity index is 1.51. The summed E-state index contributed by atoms with van der Waals surface area (Å²) < 4.78 is 5.65. The molecule has 1 unspecified atom stereocenters. The Labute approximate surface area is 238 Å². The number of nitrogens with one attached hydrogen (secondary N) is 1. The highest BCUT2D eigenvalue weighted by molar-refractivity contribution is 5.95. The van der Waals surface area contributed by atoms with Crippen LogP contribution in [0.2, 0.25) is 0 Å². The predicted molar refractivity (Wildman–Crippen MR) is 158 cm³/mol. The van der Waals surface area contributed by atoms with Crippen LogP contribution in [0.3, 0.4) is 0 Å². The summed E-state index contributed by atoms with van der Waals surface area (Å²) in [4.78, 5) is 25.7. The van der Waals surface area contributed by atoms with Gasteiger partial charge in [0.05, 0.1) is 0 Å². The molecule has 5 aliphatic rings. The van der Waals surface area contributed by atoms with E-state index in [0.29, 0.717) is 35.5 Å². The zero-order chi connectivity index (χ0) is 28.9. The number of hydrogen-bond acceptors (Lipinski definition) is 3. The summed E-state index contributed by atoms with van der Waals surface area (Å²) in [5.74, 6) is 1.72. The molecule has 0 saturated heterocycles. The minimum Gasteiger partial charge on any atom is -0.444 e. The quantitative estimate of drug-likeness (QED) is 0.359. The largest absolute Gasteiger partial charge is 0.444 e. The van der Waals surface area contributed by atoms with Gasteiger partial charge in [-0.3, -0.25) is 4.79 Å². The van der Waals surface area contributed by atoms with Crippen molar-refractivity contribution >= 4 is 11.9 Å². The molecule has 0 aromatic carbocycles. The highest BCUT2D eigenvalue weighted by Crippen LogP contribution is 2.74. The summed E-state index contributed by atoms with van der Waals surface area (Å²) >= 11 is 0. The predicted octanol–water partition coefficient (Wildman–Crippen LogP) is 8.66. The lowest BCUT2D eigenvalue weighted by atomic mass is 9.34. The van der Waals surface area contributed by atoms with Gasteiger partial charge in [-0.15, -0.1) is 0 Å². The summed E-state index contributed by atoms with van der Waals surface area (Å²) in [5, 5.41) is 3.23. The van der Waals surface area contributed by atoms with E-state index in [-0.39, 0.29) is 33.2 Å². The number of ether oxygens (including phenoxy) is 1. The Morgan fingerprint density at radius 3 is 2.31 bits per heavy atom. The normalized spacial score (nSPS) is 44.2. The first-order valence-corrected chi connectivity index (χ1v) is 15.7. The van der Waals surface area contributed by atoms with Crippen molar-refractivity contribution in [3.8, 4) is 0 Å². The van der Waals surface area contributed by atoms with E-state index in [1.165, 1.54) is 25.7 Å². The molecule has 218 valence electrons. The molecule has 3 fully saturated rings. The number of hydrogen-bond donors (Lipinski definition) is 1. The molecule has 5 rings (SSSR count). The first kappa shape index (κ1) is 28.9. The summed E-state index contributed by atoms with van der Waals surface area (Å²) in [6.45, 7) is 23.4. The molecule has 4 heteroatoms. The molecular weight excluding hydrogens is 482 g/mol. The maximum absolute atomic E-state index is 12.9. The van der Waals surface area contributed by atoms with Gasteiger partial charge in [-0.05, 0) is 123 Å². The molecule has 3 saturated carbocycles. The van der Waals surface area contributed by atoms with Crippen LogP contribution in [0.5, 0.6) is 0 Å². The van der Waals surface area contributed by atoms with Gasteiger partial charge in [-0.1, -0.05) is 66.2 Å². The number of ketones is 1. The molecule has 0 aliphatic heterocycles. The fourth-order valence-electron chi connectivity index (χ4n) is 10.5. The van der Waals surface area contributed by atoms with Gasteiger partial charge in [-0.25, -0.2) is 4.79 Å². The number of alkyl carbamates (subject to hydrolysis) is 1. The topological polar surface area (TPSA) is 55.4 Å². The zero-order valence-electron chi connectivity index (χ0n) is 26.6.